The van der Waals surface area contributed by atoms with Gasteiger partial charge in [0, 0.05) is 26.2 Å². The molecule has 1 aliphatic heterocycles. The molecule has 0 aliphatic carbocycles. The number of rotatable bonds is 5. The predicted octanol–water partition coefficient (Wildman–Crippen LogP) is 1.88. The zero-order valence-corrected chi connectivity index (χ0v) is 13.3. The number of nitriles is 1. The highest BCUT2D eigenvalue weighted by molar-refractivity contribution is 5.77. The second kappa shape index (κ2) is 7.81. The van der Waals surface area contributed by atoms with E-state index in [2.05, 4.69) is 17.9 Å². The number of piperidine rings is 1. The number of likely N-dealkylation sites (tertiary alicyclic amines) is 1. The summed E-state index contributed by atoms with van der Waals surface area (Å²) in [6, 6.07) is 9.16. The second-order valence-electron chi connectivity index (χ2n) is 5.59. The van der Waals surface area contributed by atoms with Gasteiger partial charge in [0.1, 0.15) is 5.75 Å². The van der Waals surface area contributed by atoms with Gasteiger partial charge in [0.2, 0.25) is 0 Å². The van der Waals surface area contributed by atoms with Gasteiger partial charge < -0.3 is 14.5 Å². The Morgan fingerprint density at radius 2 is 2.00 bits per heavy atom. The normalized spacial score (nSPS) is 16.0. The van der Waals surface area contributed by atoms with Crippen LogP contribution in [0.1, 0.15) is 25.3 Å². The van der Waals surface area contributed by atoms with Crippen LogP contribution >= 0.6 is 0 Å². The van der Waals surface area contributed by atoms with Gasteiger partial charge in [-0.15, -0.1) is 0 Å². The van der Waals surface area contributed by atoms with E-state index in [1.165, 1.54) is 0 Å². The van der Waals surface area contributed by atoms with E-state index in [1.807, 2.05) is 11.9 Å². The lowest BCUT2D eigenvalue weighted by Crippen LogP contribution is -2.46. The smallest absolute Gasteiger partial charge is 0.260 e. The quantitative estimate of drug-likeness (QED) is 0.833. The van der Waals surface area contributed by atoms with Crippen LogP contribution in [0.2, 0.25) is 0 Å². The highest BCUT2D eigenvalue weighted by atomic mass is 16.5. The maximum Gasteiger partial charge on any atom is 0.260 e. The summed E-state index contributed by atoms with van der Waals surface area (Å²) in [6.07, 6.45) is 2.04. The lowest BCUT2D eigenvalue weighted by Gasteiger charge is -2.36. The van der Waals surface area contributed by atoms with Gasteiger partial charge in [-0.05, 0) is 43.7 Å². The van der Waals surface area contributed by atoms with Gasteiger partial charge in [0.05, 0.1) is 11.6 Å². The molecule has 0 aromatic heterocycles. The van der Waals surface area contributed by atoms with E-state index < -0.39 is 0 Å². The summed E-state index contributed by atoms with van der Waals surface area (Å²) in [6.45, 7) is 5.38. The average Bonchev–Trinajstić information content (AvgIpc) is 2.59. The van der Waals surface area contributed by atoms with Crippen LogP contribution in [0.5, 0.6) is 5.75 Å². The Labute approximate surface area is 132 Å². The summed E-state index contributed by atoms with van der Waals surface area (Å²) < 4.78 is 5.51. The standard InChI is InChI=1S/C17H23N3O2/c1-3-20-10-8-15(9-11-20)19(2)17(21)13-22-16-6-4-14(12-18)5-7-16/h4-7,15H,3,8-11,13H2,1-2H3. The maximum absolute atomic E-state index is 12.2. The zero-order valence-electron chi connectivity index (χ0n) is 13.3. The van der Waals surface area contributed by atoms with Crippen molar-refractivity contribution in [3.63, 3.8) is 0 Å². The number of benzene rings is 1. The van der Waals surface area contributed by atoms with Crippen LogP contribution in [0.25, 0.3) is 0 Å². The summed E-state index contributed by atoms with van der Waals surface area (Å²) in [7, 11) is 1.86. The molecule has 1 aromatic carbocycles. The van der Waals surface area contributed by atoms with Crippen LogP contribution in [0.4, 0.5) is 0 Å². The largest absolute Gasteiger partial charge is 0.484 e. The van der Waals surface area contributed by atoms with Crippen molar-refractivity contribution in [2.45, 2.75) is 25.8 Å². The highest BCUT2D eigenvalue weighted by Crippen LogP contribution is 2.16. The fourth-order valence-corrected chi connectivity index (χ4v) is 2.70. The molecule has 1 fully saturated rings. The molecule has 0 unspecified atom stereocenters. The molecular weight excluding hydrogens is 278 g/mol. The summed E-state index contributed by atoms with van der Waals surface area (Å²) in [5.41, 5.74) is 0.582. The molecule has 1 heterocycles. The van der Waals surface area contributed by atoms with E-state index in [1.54, 1.807) is 24.3 Å². The van der Waals surface area contributed by atoms with Gasteiger partial charge in [-0.2, -0.15) is 5.26 Å². The summed E-state index contributed by atoms with van der Waals surface area (Å²) in [5.74, 6) is 0.612. The monoisotopic (exact) mass is 301 g/mol. The molecule has 1 aromatic rings. The number of carbonyl (C=O) groups is 1. The van der Waals surface area contributed by atoms with Crippen molar-refractivity contribution in [3.05, 3.63) is 29.8 Å². The van der Waals surface area contributed by atoms with E-state index in [4.69, 9.17) is 10.00 Å². The third-order valence-electron chi connectivity index (χ3n) is 4.29. The van der Waals surface area contributed by atoms with Crippen molar-refractivity contribution >= 4 is 5.91 Å². The van der Waals surface area contributed by atoms with Gasteiger partial charge >= 0.3 is 0 Å². The first kappa shape index (κ1) is 16.3. The lowest BCUT2D eigenvalue weighted by molar-refractivity contribution is -0.135. The van der Waals surface area contributed by atoms with Gasteiger partial charge in [-0.1, -0.05) is 6.92 Å². The Morgan fingerprint density at radius 1 is 1.36 bits per heavy atom. The lowest BCUT2D eigenvalue weighted by atomic mass is 10.0. The van der Waals surface area contributed by atoms with Crippen LogP contribution in [0.15, 0.2) is 24.3 Å². The number of nitrogens with zero attached hydrogens (tertiary/aromatic N) is 3. The number of amides is 1. The summed E-state index contributed by atoms with van der Waals surface area (Å²) in [4.78, 5) is 16.4. The molecule has 0 bridgehead atoms. The minimum Gasteiger partial charge on any atom is -0.484 e. The molecule has 1 amide bonds. The Bertz CT molecular complexity index is 528. The van der Waals surface area contributed by atoms with Crippen LogP contribution in [-0.2, 0) is 4.79 Å². The Kier molecular flexibility index (Phi) is 5.79. The number of hydrogen-bond acceptors (Lipinski definition) is 4. The van der Waals surface area contributed by atoms with Gasteiger partial charge in [0.15, 0.2) is 6.61 Å². The van der Waals surface area contributed by atoms with E-state index in [-0.39, 0.29) is 12.5 Å². The maximum atomic E-state index is 12.2. The van der Waals surface area contributed by atoms with Crippen molar-refractivity contribution < 1.29 is 9.53 Å². The minimum atomic E-state index is -0.000641. The third kappa shape index (κ3) is 4.22. The third-order valence-corrected chi connectivity index (χ3v) is 4.29. The molecule has 0 atom stereocenters. The van der Waals surface area contributed by atoms with Gasteiger partial charge in [0.25, 0.3) is 5.91 Å². The first-order valence-corrected chi connectivity index (χ1v) is 7.75. The second-order valence-corrected chi connectivity index (χ2v) is 5.59. The number of hydrogen-bond donors (Lipinski definition) is 0. The number of carbonyl (C=O) groups excluding carboxylic acids is 1. The van der Waals surface area contributed by atoms with Crippen molar-refractivity contribution in [2.75, 3.05) is 33.3 Å². The van der Waals surface area contributed by atoms with Crippen molar-refractivity contribution in [1.29, 1.82) is 5.26 Å². The van der Waals surface area contributed by atoms with Gasteiger partial charge in [-0.25, -0.2) is 0 Å². The summed E-state index contributed by atoms with van der Waals surface area (Å²) in [5, 5.41) is 8.75. The van der Waals surface area contributed by atoms with Crippen molar-refractivity contribution in [1.82, 2.24) is 9.80 Å². The molecule has 2 rings (SSSR count). The fraction of sp³-hybridized carbons (Fsp3) is 0.529. The molecular formula is C17H23N3O2. The van der Waals surface area contributed by atoms with E-state index in [9.17, 15) is 4.79 Å². The summed E-state index contributed by atoms with van der Waals surface area (Å²) >= 11 is 0. The molecule has 22 heavy (non-hydrogen) atoms. The topological polar surface area (TPSA) is 56.6 Å². The average molecular weight is 301 g/mol. The first-order chi connectivity index (χ1) is 10.6. The van der Waals surface area contributed by atoms with Crippen molar-refractivity contribution in [2.24, 2.45) is 0 Å². The predicted molar refractivity (Wildman–Crippen MR) is 84.6 cm³/mol. The molecule has 5 heteroatoms. The Balaban J connectivity index is 1.80. The van der Waals surface area contributed by atoms with Crippen LogP contribution < -0.4 is 4.74 Å². The molecule has 118 valence electrons. The van der Waals surface area contributed by atoms with E-state index in [0.717, 1.165) is 32.5 Å². The van der Waals surface area contributed by atoms with Crippen molar-refractivity contribution in [3.8, 4) is 11.8 Å². The molecule has 5 nitrogen and oxygen atoms in total. The molecule has 0 radical (unpaired) electrons. The molecule has 0 saturated carbocycles. The van der Waals surface area contributed by atoms with E-state index >= 15 is 0 Å². The fourth-order valence-electron chi connectivity index (χ4n) is 2.70. The van der Waals surface area contributed by atoms with E-state index in [0.29, 0.717) is 17.4 Å². The molecule has 0 spiro atoms. The Hall–Kier alpha value is -2.06. The van der Waals surface area contributed by atoms with Crippen LogP contribution in [-0.4, -0.2) is 55.0 Å². The van der Waals surface area contributed by atoms with Gasteiger partial charge in [-0.3, -0.25) is 4.79 Å². The number of likely N-dealkylation sites (N-methyl/N-ethyl adjacent to an activating group) is 1. The first-order valence-electron chi connectivity index (χ1n) is 7.75. The van der Waals surface area contributed by atoms with Crippen LogP contribution in [0, 0.1) is 11.3 Å². The Morgan fingerprint density at radius 3 is 2.55 bits per heavy atom. The highest BCUT2D eigenvalue weighted by Gasteiger charge is 2.24. The molecule has 0 N–H and O–H groups in total. The molecule has 1 saturated heterocycles. The number of ether oxygens (including phenoxy) is 1. The SMILES string of the molecule is CCN1CCC(N(C)C(=O)COc2ccc(C#N)cc2)CC1. The molecule has 1 aliphatic rings. The minimum absolute atomic E-state index is 0.000641. The van der Waals surface area contributed by atoms with Crippen LogP contribution in [0.3, 0.4) is 0 Å². The zero-order chi connectivity index (χ0) is 15.9.